The molecule has 0 spiro atoms. The van der Waals surface area contributed by atoms with E-state index in [-0.39, 0.29) is 10.6 Å². The number of benzene rings is 1. The van der Waals surface area contributed by atoms with Crippen molar-refractivity contribution in [1.82, 2.24) is 5.32 Å². The molecular formula is C13H18N2O2. The van der Waals surface area contributed by atoms with Crippen molar-refractivity contribution in [2.24, 2.45) is 5.92 Å². The average Bonchev–Trinajstić information content (AvgIpc) is 2.26. The van der Waals surface area contributed by atoms with E-state index in [2.05, 4.69) is 5.32 Å². The second-order valence-corrected chi connectivity index (χ2v) is 4.71. The SMILES string of the molecule is CNC(Cc1ccc([N+](=O)[O-])cc1)C1CCC1. The lowest BCUT2D eigenvalue weighted by Gasteiger charge is -2.33. The summed E-state index contributed by atoms with van der Waals surface area (Å²) in [5.74, 6) is 0.773. The molecule has 1 unspecified atom stereocenters. The molecule has 17 heavy (non-hydrogen) atoms. The fourth-order valence-electron chi connectivity index (χ4n) is 2.35. The molecule has 0 aliphatic heterocycles. The van der Waals surface area contributed by atoms with Crippen LogP contribution < -0.4 is 5.32 Å². The molecule has 0 radical (unpaired) electrons. The van der Waals surface area contributed by atoms with Crippen LogP contribution in [0.4, 0.5) is 5.69 Å². The molecule has 0 heterocycles. The lowest BCUT2D eigenvalue weighted by atomic mass is 9.78. The van der Waals surface area contributed by atoms with E-state index in [0.717, 1.165) is 12.3 Å². The quantitative estimate of drug-likeness (QED) is 0.629. The van der Waals surface area contributed by atoms with E-state index in [1.165, 1.54) is 24.8 Å². The first kappa shape index (κ1) is 12.0. The Labute approximate surface area is 101 Å². The van der Waals surface area contributed by atoms with Crippen LogP contribution in [0.1, 0.15) is 24.8 Å². The normalized spacial score (nSPS) is 17.5. The molecule has 1 aliphatic rings. The summed E-state index contributed by atoms with van der Waals surface area (Å²) in [4.78, 5) is 10.2. The molecule has 2 rings (SSSR count). The van der Waals surface area contributed by atoms with Gasteiger partial charge in [0.1, 0.15) is 0 Å². The molecule has 1 aliphatic carbocycles. The van der Waals surface area contributed by atoms with Crippen LogP contribution in [0.5, 0.6) is 0 Å². The lowest BCUT2D eigenvalue weighted by molar-refractivity contribution is -0.384. The van der Waals surface area contributed by atoms with Crippen molar-refractivity contribution < 1.29 is 4.92 Å². The van der Waals surface area contributed by atoms with Crippen molar-refractivity contribution in [2.45, 2.75) is 31.7 Å². The van der Waals surface area contributed by atoms with Crippen LogP contribution in [0.2, 0.25) is 0 Å². The summed E-state index contributed by atoms with van der Waals surface area (Å²) in [6, 6.07) is 7.40. The summed E-state index contributed by atoms with van der Waals surface area (Å²) in [5, 5.41) is 13.9. The lowest BCUT2D eigenvalue weighted by Crippen LogP contribution is -2.38. The Hall–Kier alpha value is -1.42. The molecule has 1 aromatic carbocycles. The summed E-state index contributed by atoms with van der Waals surface area (Å²) < 4.78 is 0. The van der Waals surface area contributed by atoms with Gasteiger partial charge < -0.3 is 5.32 Å². The zero-order chi connectivity index (χ0) is 12.3. The van der Waals surface area contributed by atoms with Crippen LogP contribution in [0.3, 0.4) is 0 Å². The van der Waals surface area contributed by atoms with Crippen molar-refractivity contribution >= 4 is 5.69 Å². The van der Waals surface area contributed by atoms with Gasteiger partial charge in [0.15, 0.2) is 0 Å². The number of nitro benzene ring substituents is 1. The first-order valence-electron chi connectivity index (χ1n) is 6.11. The van der Waals surface area contributed by atoms with E-state index in [0.29, 0.717) is 6.04 Å². The molecular weight excluding hydrogens is 216 g/mol. The summed E-state index contributed by atoms with van der Waals surface area (Å²) in [6.45, 7) is 0. The third kappa shape index (κ3) is 2.82. The second-order valence-electron chi connectivity index (χ2n) is 4.71. The molecule has 0 amide bonds. The maximum atomic E-state index is 10.5. The van der Waals surface area contributed by atoms with Gasteiger partial charge in [-0.25, -0.2) is 0 Å². The zero-order valence-corrected chi connectivity index (χ0v) is 10.1. The van der Waals surface area contributed by atoms with Gasteiger partial charge in [-0.3, -0.25) is 10.1 Å². The van der Waals surface area contributed by atoms with Crippen molar-refractivity contribution in [3.8, 4) is 0 Å². The average molecular weight is 234 g/mol. The molecule has 1 saturated carbocycles. The van der Waals surface area contributed by atoms with Crippen molar-refractivity contribution in [1.29, 1.82) is 0 Å². The Bertz CT molecular complexity index is 385. The van der Waals surface area contributed by atoms with Crippen LogP contribution in [-0.4, -0.2) is 18.0 Å². The third-order valence-corrected chi connectivity index (χ3v) is 3.69. The van der Waals surface area contributed by atoms with E-state index >= 15 is 0 Å². The molecule has 0 saturated heterocycles. The maximum Gasteiger partial charge on any atom is 0.269 e. The predicted octanol–water partition coefficient (Wildman–Crippen LogP) is 2.53. The minimum Gasteiger partial charge on any atom is -0.316 e. The van der Waals surface area contributed by atoms with E-state index < -0.39 is 0 Å². The van der Waals surface area contributed by atoms with Crippen LogP contribution in [-0.2, 0) is 6.42 Å². The monoisotopic (exact) mass is 234 g/mol. The summed E-state index contributed by atoms with van der Waals surface area (Å²) in [7, 11) is 1.99. The highest BCUT2D eigenvalue weighted by molar-refractivity contribution is 5.33. The van der Waals surface area contributed by atoms with Crippen LogP contribution in [0, 0.1) is 16.0 Å². The highest BCUT2D eigenvalue weighted by atomic mass is 16.6. The fraction of sp³-hybridized carbons (Fsp3) is 0.538. The Balaban J connectivity index is 1.99. The fourth-order valence-corrected chi connectivity index (χ4v) is 2.35. The number of likely N-dealkylation sites (N-methyl/N-ethyl adjacent to an activating group) is 1. The molecule has 92 valence electrons. The summed E-state index contributed by atoms with van der Waals surface area (Å²) in [6.07, 6.45) is 4.90. The molecule has 1 aromatic rings. The number of hydrogen-bond donors (Lipinski definition) is 1. The molecule has 4 heteroatoms. The smallest absolute Gasteiger partial charge is 0.269 e. The summed E-state index contributed by atoms with van der Waals surface area (Å²) >= 11 is 0. The van der Waals surface area contributed by atoms with E-state index in [1.54, 1.807) is 12.1 Å². The van der Waals surface area contributed by atoms with Crippen LogP contribution >= 0.6 is 0 Å². The number of non-ortho nitro benzene ring substituents is 1. The number of rotatable bonds is 5. The van der Waals surface area contributed by atoms with Gasteiger partial charge in [0.05, 0.1) is 4.92 Å². The standard InChI is InChI=1S/C13H18N2O2/c1-14-13(11-3-2-4-11)9-10-5-7-12(8-6-10)15(16)17/h5-8,11,13-14H,2-4,9H2,1H3. The van der Waals surface area contributed by atoms with E-state index in [1.807, 2.05) is 19.2 Å². The highest BCUT2D eigenvalue weighted by Crippen LogP contribution is 2.31. The Morgan fingerprint density at radius 3 is 2.47 bits per heavy atom. The molecule has 1 atom stereocenters. The molecule has 0 bridgehead atoms. The highest BCUT2D eigenvalue weighted by Gasteiger charge is 2.26. The van der Waals surface area contributed by atoms with Gasteiger partial charge in [0, 0.05) is 18.2 Å². The Morgan fingerprint density at radius 1 is 1.41 bits per heavy atom. The van der Waals surface area contributed by atoms with Crippen molar-refractivity contribution in [2.75, 3.05) is 7.05 Å². The first-order valence-corrected chi connectivity index (χ1v) is 6.11. The number of hydrogen-bond acceptors (Lipinski definition) is 3. The first-order chi connectivity index (χ1) is 8.20. The second kappa shape index (κ2) is 5.27. The number of nitrogens with zero attached hydrogens (tertiary/aromatic N) is 1. The molecule has 1 N–H and O–H groups in total. The van der Waals surface area contributed by atoms with Crippen LogP contribution in [0.25, 0.3) is 0 Å². The van der Waals surface area contributed by atoms with Gasteiger partial charge in [0.2, 0.25) is 0 Å². The van der Waals surface area contributed by atoms with Gasteiger partial charge in [-0.15, -0.1) is 0 Å². The van der Waals surface area contributed by atoms with Crippen molar-refractivity contribution in [3.05, 3.63) is 39.9 Å². The van der Waals surface area contributed by atoms with Gasteiger partial charge >= 0.3 is 0 Å². The Kier molecular flexibility index (Phi) is 3.74. The van der Waals surface area contributed by atoms with Crippen molar-refractivity contribution in [3.63, 3.8) is 0 Å². The zero-order valence-electron chi connectivity index (χ0n) is 10.1. The van der Waals surface area contributed by atoms with Gasteiger partial charge in [0.25, 0.3) is 5.69 Å². The minimum atomic E-state index is -0.356. The maximum absolute atomic E-state index is 10.5. The van der Waals surface area contributed by atoms with E-state index in [4.69, 9.17) is 0 Å². The predicted molar refractivity (Wildman–Crippen MR) is 67.0 cm³/mol. The van der Waals surface area contributed by atoms with Crippen LogP contribution in [0.15, 0.2) is 24.3 Å². The molecule has 4 nitrogen and oxygen atoms in total. The van der Waals surface area contributed by atoms with Gasteiger partial charge in [-0.2, -0.15) is 0 Å². The Morgan fingerprint density at radius 2 is 2.06 bits per heavy atom. The number of nitro groups is 1. The van der Waals surface area contributed by atoms with Gasteiger partial charge in [-0.05, 0) is 37.8 Å². The van der Waals surface area contributed by atoms with Gasteiger partial charge in [-0.1, -0.05) is 18.6 Å². The van der Waals surface area contributed by atoms with E-state index in [9.17, 15) is 10.1 Å². The summed E-state index contributed by atoms with van der Waals surface area (Å²) in [5.41, 5.74) is 1.33. The molecule has 1 fully saturated rings. The third-order valence-electron chi connectivity index (χ3n) is 3.69. The largest absolute Gasteiger partial charge is 0.316 e. The molecule has 0 aromatic heterocycles. The topological polar surface area (TPSA) is 55.2 Å². The number of nitrogens with one attached hydrogen (secondary N) is 1. The minimum absolute atomic E-state index is 0.165.